The van der Waals surface area contributed by atoms with E-state index in [4.69, 9.17) is 5.73 Å². The highest BCUT2D eigenvalue weighted by Gasteiger charge is 2.14. The number of thiophene rings is 1. The molecule has 1 aromatic heterocycles. The zero-order valence-corrected chi connectivity index (χ0v) is 13.0. The Kier molecular flexibility index (Phi) is 5.15. The van der Waals surface area contributed by atoms with Gasteiger partial charge in [-0.25, -0.2) is 0 Å². The smallest absolute Gasteiger partial charge is 0.252 e. The van der Waals surface area contributed by atoms with Crippen LogP contribution in [0.4, 0.5) is 0 Å². The number of nitrogens with two attached hydrogens (primary N) is 1. The molecule has 0 aliphatic rings. The van der Waals surface area contributed by atoms with Gasteiger partial charge in [0.15, 0.2) is 0 Å². The monoisotopic (exact) mass is 298 g/mol. The summed E-state index contributed by atoms with van der Waals surface area (Å²) in [6.07, 6.45) is 0. The first kappa shape index (κ1) is 15.3. The van der Waals surface area contributed by atoms with Crippen LogP contribution in [0, 0.1) is 18.8 Å². The Morgan fingerprint density at radius 3 is 2.90 bits per heavy atom. The summed E-state index contributed by atoms with van der Waals surface area (Å²) < 4.78 is 0. The second-order valence-electron chi connectivity index (χ2n) is 4.79. The summed E-state index contributed by atoms with van der Waals surface area (Å²) in [4.78, 5) is 12.4. The maximum Gasteiger partial charge on any atom is 0.252 e. The summed E-state index contributed by atoms with van der Waals surface area (Å²) in [7, 11) is 0. The van der Waals surface area contributed by atoms with Gasteiger partial charge in [-0.1, -0.05) is 17.9 Å². The van der Waals surface area contributed by atoms with Crippen molar-refractivity contribution in [1.82, 2.24) is 5.32 Å². The number of amides is 1. The third-order valence-corrected chi connectivity index (χ3v) is 3.91. The van der Waals surface area contributed by atoms with Crippen molar-refractivity contribution in [1.29, 1.82) is 0 Å². The van der Waals surface area contributed by atoms with Crippen LogP contribution in [0.2, 0.25) is 0 Å². The summed E-state index contributed by atoms with van der Waals surface area (Å²) >= 11 is 1.62. The van der Waals surface area contributed by atoms with Crippen molar-refractivity contribution in [2.75, 3.05) is 6.54 Å². The maximum absolute atomic E-state index is 12.4. The number of aryl methyl sites for hydroxylation is 1. The van der Waals surface area contributed by atoms with Crippen LogP contribution in [0.3, 0.4) is 0 Å². The molecule has 21 heavy (non-hydrogen) atoms. The van der Waals surface area contributed by atoms with Crippen molar-refractivity contribution in [2.24, 2.45) is 5.73 Å². The van der Waals surface area contributed by atoms with Crippen molar-refractivity contribution in [3.63, 3.8) is 0 Å². The molecule has 108 valence electrons. The minimum absolute atomic E-state index is 0.0121. The molecule has 0 saturated carbocycles. The fourth-order valence-corrected chi connectivity index (χ4v) is 2.73. The van der Waals surface area contributed by atoms with Crippen molar-refractivity contribution >= 4 is 17.2 Å². The lowest BCUT2D eigenvalue weighted by Gasteiger charge is -2.14. The molecule has 1 heterocycles. The molecule has 0 aliphatic heterocycles. The molecule has 0 aliphatic carbocycles. The molecule has 2 aromatic rings. The summed E-state index contributed by atoms with van der Waals surface area (Å²) in [6, 6.07) is 7.63. The minimum atomic E-state index is -0.0809. The molecule has 2 rings (SSSR count). The summed E-state index contributed by atoms with van der Waals surface area (Å²) in [5.41, 5.74) is 8.88. The third kappa shape index (κ3) is 3.94. The highest BCUT2D eigenvalue weighted by Crippen LogP contribution is 2.17. The van der Waals surface area contributed by atoms with Crippen molar-refractivity contribution in [3.05, 3.63) is 57.3 Å². The molecule has 1 amide bonds. The van der Waals surface area contributed by atoms with Gasteiger partial charge in [0.25, 0.3) is 5.91 Å². The SMILES string of the molecule is Cc1ccc(C#CCN)cc1C(=O)NC(C)c1ccsc1. The highest BCUT2D eigenvalue weighted by molar-refractivity contribution is 7.07. The van der Waals surface area contributed by atoms with Gasteiger partial charge in [0.1, 0.15) is 0 Å². The van der Waals surface area contributed by atoms with Crippen LogP contribution >= 0.6 is 11.3 Å². The zero-order chi connectivity index (χ0) is 15.2. The van der Waals surface area contributed by atoms with Crippen LogP contribution in [0.5, 0.6) is 0 Å². The Morgan fingerprint density at radius 1 is 1.43 bits per heavy atom. The number of hydrogen-bond acceptors (Lipinski definition) is 3. The first-order valence-electron chi connectivity index (χ1n) is 6.74. The average Bonchev–Trinajstić information content (AvgIpc) is 3.00. The molecule has 0 bridgehead atoms. The number of carbonyl (C=O) groups is 1. The van der Waals surface area contributed by atoms with Crippen LogP contribution in [-0.4, -0.2) is 12.5 Å². The Labute approximate surface area is 129 Å². The zero-order valence-electron chi connectivity index (χ0n) is 12.1. The predicted octanol–water partition coefficient (Wildman–Crippen LogP) is 2.86. The summed E-state index contributed by atoms with van der Waals surface area (Å²) in [5, 5.41) is 7.07. The lowest BCUT2D eigenvalue weighted by molar-refractivity contribution is 0.0939. The van der Waals surface area contributed by atoms with Gasteiger partial charge in [-0.05, 0) is 53.9 Å². The Hall–Kier alpha value is -2.09. The number of rotatable bonds is 3. The number of nitrogens with one attached hydrogen (secondary N) is 1. The van der Waals surface area contributed by atoms with Crippen LogP contribution in [0.25, 0.3) is 0 Å². The van der Waals surface area contributed by atoms with Crippen LogP contribution in [-0.2, 0) is 0 Å². The first-order valence-corrected chi connectivity index (χ1v) is 7.68. The predicted molar refractivity (Wildman–Crippen MR) is 87.3 cm³/mol. The van der Waals surface area contributed by atoms with Crippen LogP contribution in [0.15, 0.2) is 35.0 Å². The van der Waals surface area contributed by atoms with Crippen molar-refractivity contribution in [3.8, 4) is 11.8 Å². The number of hydrogen-bond donors (Lipinski definition) is 2. The van der Waals surface area contributed by atoms with E-state index in [1.807, 2.05) is 48.9 Å². The molecule has 0 spiro atoms. The van der Waals surface area contributed by atoms with Crippen LogP contribution < -0.4 is 11.1 Å². The molecule has 1 aromatic carbocycles. The van der Waals surface area contributed by atoms with Gasteiger partial charge in [-0.2, -0.15) is 11.3 Å². The van der Waals surface area contributed by atoms with Gasteiger partial charge in [0, 0.05) is 11.1 Å². The molecule has 0 radical (unpaired) electrons. The topological polar surface area (TPSA) is 55.1 Å². The molecule has 0 fully saturated rings. The second kappa shape index (κ2) is 7.07. The Morgan fingerprint density at radius 2 is 2.24 bits per heavy atom. The lowest BCUT2D eigenvalue weighted by atomic mass is 10.0. The van der Waals surface area contributed by atoms with E-state index in [1.54, 1.807) is 11.3 Å². The van der Waals surface area contributed by atoms with E-state index >= 15 is 0 Å². The summed E-state index contributed by atoms with van der Waals surface area (Å²) in [6.45, 7) is 4.21. The normalized spacial score (nSPS) is 11.4. The van der Waals surface area contributed by atoms with E-state index in [-0.39, 0.29) is 11.9 Å². The minimum Gasteiger partial charge on any atom is -0.345 e. The average molecular weight is 298 g/mol. The van der Waals surface area contributed by atoms with Crippen molar-refractivity contribution in [2.45, 2.75) is 19.9 Å². The standard InChI is InChI=1S/C17H18N2OS/c1-12-5-6-14(4-3-8-18)10-16(12)17(20)19-13(2)15-7-9-21-11-15/h5-7,9-11,13H,8,18H2,1-2H3,(H,19,20). The third-order valence-electron chi connectivity index (χ3n) is 3.21. The second-order valence-corrected chi connectivity index (χ2v) is 5.57. The van der Waals surface area contributed by atoms with E-state index < -0.39 is 0 Å². The Balaban J connectivity index is 2.18. The van der Waals surface area contributed by atoms with E-state index in [0.717, 1.165) is 16.7 Å². The number of benzene rings is 1. The van der Waals surface area contributed by atoms with Crippen molar-refractivity contribution < 1.29 is 4.79 Å². The molecule has 1 unspecified atom stereocenters. The largest absolute Gasteiger partial charge is 0.345 e. The van der Waals surface area contributed by atoms with Gasteiger partial charge < -0.3 is 11.1 Å². The van der Waals surface area contributed by atoms with E-state index in [0.29, 0.717) is 12.1 Å². The fourth-order valence-electron chi connectivity index (χ4n) is 1.98. The molecular formula is C17H18N2OS. The molecule has 4 heteroatoms. The number of carbonyl (C=O) groups excluding carboxylic acids is 1. The Bertz CT molecular complexity index is 681. The quantitative estimate of drug-likeness (QED) is 0.856. The lowest BCUT2D eigenvalue weighted by Crippen LogP contribution is -2.27. The first-order chi connectivity index (χ1) is 10.1. The van der Waals surface area contributed by atoms with Gasteiger partial charge in [0.05, 0.1) is 12.6 Å². The summed E-state index contributed by atoms with van der Waals surface area (Å²) in [5.74, 6) is 5.67. The van der Waals surface area contributed by atoms with Crippen LogP contribution in [0.1, 0.15) is 40.0 Å². The van der Waals surface area contributed by atoms with E-state index in [2.05, 4.69) is 17.2 Å². The van der Waals surface area contributed by atoms with Gasteiger partial charge in [-0.15, -0.1) is 0 Å². The fraction of sp³-hybridized carbons (Fsp3) is 0.235. The molecule has 0 saturated heterocycles. The molecule has 1 atom stereocenters. The molecular weight excluding hydrogens is 280 g/mol. The highest BCUT2D eigenvalue weighted by atomic mass is 32.1. The molecule has 3 nitrogen and oxygen atoms in total. The van der Waals surface area contributed by atoms with E-state index in [1.165, 1.54) is 0 Å². The van der Waals surface area contributed by atoms with Gasteiger partial charge >= 0.3 is 0 Å². The van der Waals surface area contributed by atoms with Gasteiger partial charge in [0.2, 0.25) is 0 Å². The van der Waals surface area contributed by atoms with E-state index in [9.17, 15) is 4.79 Å². The van der Waals surface area contributed by atoms with Gasteiger partial charge in [-0.3, -0.25) is 4.79 Å². The molecule has 3 N–H and O–H groups in total. The maximum atomic E-state index is 12.4.